The van der Waals surface area contributed by atoms with Crippen LogP contribution in [0.1, 0.15) is 22.3 Å². The van der Waals surface area contributed by atoms with Crippen LogP contribution in [0, 0.1) is 6.92 Å². The topological polar surface area (TPSA) is 75.6 Å². The van der Waals surface area contributed by atoms with Gasteiger partial charge in [-0.05, 0) is 48.9 Å². The highest BCUT2D eigenvalue weighted by molar-refractivity contribution is 5.92. The van der Waals surface area contributed by atoms with Crippen LogP contribution in [0.15, 0.2) is 48.5 Å². The fourth-order valence-electron chi connectivity index (χ4n) is 1.89. The molecule has 2 N–H and O–H groups in total. The first-order valence-corrected chi connectivity index (χ1v) is 6.87. The van der Waals surface area contributed by atoms with Gasteiger partial charge >= 0.3 is 5.97 Å². The highest BCUT2D eigenvalue weighted by Gasteiger charge is 2.05. The van der Waals surface area contributed by atoms with Gasteiger partial charge in [-0.15, -0.1) is 0 Å². The number of carbonyl (C=O) groups is 2. The Morgan fingerprint density at radius 3 is 2.50 bits per heavy atom. The van der Waals surface area contributed by atoms with Crippen molar-refractivity contribution in [2.24, 2.45) is 0 Å². The van der Waals surface area contributed by atoms with Gasteiger partial charge in [-0.1, -0.05) is 12.1 Å². The fourth-order valence-corrected chi connectivity index (χ4v) is 1.89. The predicted molar refractivity (Wildman–Crippen MR) is 83.3 cm³/mol. The van der Waals surface area contributed by atoms with Crippen molar-refractivity contribution in [1.82, 2.24) is 0 Å². The second kappa shape index (κ2) is 7.26. The lowest BCUT2D eigenvalue weighted by atomic mass is 10.2. The summed E-state index contributed by atoms with van der Waals surface area (Å²) in [5.74, 6) is -0.446. The zero-order valence-electron chi connectivity index (χ0n) is 12.2. The second-order valence-electron chi connectivity index (χ2n) is 4.85. The molecule has 0 unspecified atom stereocenters. The molecule has 0 saturated carbocycles. The maximum Gasteiger partial charge on any atom is 0.335 e. The van der Waals surface area contributed by atoms with Gasteiger partial charge in [0, 0.05) is 5.69 Å². The minimum atomic E-state index is -0.996. The molecule has 0 heterocycles. The molecule has 0 atom stereocenters. The van der Waals surface area contributed by atoms with E-state index < -0.39 is 5.97 Å². The number of nitrogens with one attached hydrogen (secondary N) is 1. The number of hydrogen-bond donors (Lipinski definition) is 2. The fraction of sp³-hybridized carbons (Fsp3) is 0.176. The molecule has 2 rings (SSSR count). The molecule has 1 amide bonds. The molecular formula is C17H17NO4. The number of carbonyl (C=O) groups excluding carboxylic acids is 1. The number of benzene rings is 2. The van der Waals surface area contributed by atoms with E-state index in [1.54, 1.807) is 12.1 Å². The van der Waals surface area contributed by atoms with Crippen LogP contribution in [0.2, 0.25) is 0 Å². The van der Waals surface area contributed by atoms with Gasteiger partial charge in [-0.25, -0.2) is 4.79 Å². The van der Waals surface area contributed by atoms with Crippen LogP contribution in [-0.2, 0) is 4.79 Å². The molecule has 0 saturated heterocycles. The van der Waals surface area contributed by atoms with Gasteiger partial charge in [0.05, 0.1) is 18.6 Å². The summed E-state index contributed by atoms with van der Waals surface area (Å²) in [5.41, 5.74) is 1.84. The monoisotopic (exact) mass is 299 g/mol. The molecule has 114 valence electrons. The third-order valence-electron chi connectivity index (χ3n) is 3.00. The first-order chi connectivity index (χ1) is 10.5. The molecule has 0 aromatic heterocycles. The highest BCUT2D eigenvalue weighted by Crippen LogP contribution is 2.13. The van der Waals surface area contributed by atoms with Crippen LogP contribution in [0.4, 0.5) is 5.69 Å². The van der Waals surface area contributed by atoms with E-state index >= 15 is 0 Å². The molecule has 2 aromatic rings. The zero-order valence-corrected chi connectivity index (χ0v) is 12.2. The lowest BCUT2D eigenvalue weighted by Crippen LogP contribution is -2.15. The Labute approximate surface area is 128 Å². The SMILES string of the molecule is Cc1cccc(OCCC(=O)Nc2ccc(C(=O)O)cc2)c1. The van der Waals surface area contributed by atoms with Crippen LogP contribution in [0.25, 0.3) is 0 Å². The smallest absolute Gasteiger partial charge is 0.335 e. The molecule has 5 heteroatoms. The first-order valence-electron chi connectivity index (χ1n) is 6.87. The number of rotatable bonds is 6. The maximum absolute atomic E-state index is 11.8. The van der Waals surface area contributed by atoms with E-state index in [1.807, 2.05) is 31.2 Å². The molecule has 2 aromatic carbocycles. The largest absolute Gasteiger partial charge is 0.493 e. The Morgan fingerprint density at radius 2 is 1.86 bits per heavy atom. The van der Waals surface area contributed by atoms with Crippen molar-refractivity contribution in [1.29, 1.82) is 0 Å². The van der Waals surface area contributed by atoms with E-state index in [0.29, 0.717) is 5.69 Å². The number of aromatic carboxylic acids is 1. The molecule has 0 aliphatic carbocycles. The van der Waals surface area contributed by atoms with E-state index in [1.165, 1.54) is 12.1 Å². The Balaban J connectivity index is 1.79. The minimum Gasteiger partial charge on any atom is -0.493 e. The molecule has 0 bridgehead atoms. The molecular weight excluding hydrogens is 282 g/mol. The van der Waals surface area contributed by atoms with Crippen molar-refractivity contribution < 1.29 is 19.4 Å². The lowest BCUT2D eigenvalue weighted by molar-refractivity contribution is -0.116. The number of carboxylic acids is 1. The molecule has 0 radical (unpaired) electrons. The Bertz CT molecular complexity index is 665. The summed E-state index contributed by atoms with van der Waals surface area (Å²) in [6.07, 6.45) is 0.217. The molecule has 0 aliphatic rings. The van der Waals surface area contributed by atoms with Crippen molar-refractivity contribution in [3.63, 3.8) is 0 Å². The summed E-state index contributed by atoms with van der Waals surface area (Å²) in [4.78, 5) is 22.5. The number of amides is 1. The van der Waals surface area contributed by atoms with Crippen molar-refractivity contribution >= 4 is 17.6 Å². The Morgan fingerprint density at radius 1 is 1.14 bits per heavy atom. The summed E-state index contributed by atoms with van der Waals surface area (Å²) in [5, 5.41) is 11.5. The van der Waals surface area contributed by atoms with Gasteiger partial charge in [0.25, 0.3) is 0 Å². The van der Waals surface area contributed by atoms with Crippen LogP contribution in [0.3, 0.4) is 0 Å². The third kappa shape index (κ3) is 4.63. The molecule has 5 nitrogen and oxygen atoms in total. The van der Waals surface area contributed by atoms with E-state index in [4.69, 9.17) is 9.84 Å². The third-order valence-corrected chi connectivity index (χ3v) is 3.00. The van der Waals surface area contributed by atoms with Gasteiger partial charge in [0.2, 0.25) is 5.91 Å². The van der Waals surface area contributed by atoms with Crippen molar-refractivity contribution in [3.8, 4) is 5.75 Å². The molecule has 22 heavy (non-hydrogen) atoms. The van der Waals surface area contributed by atoms with Crippen LogP contribution in [-0.4, -0.2) is 23.6 Å². The molecule has 0 spiro atoms. The van der Waals surface area contributed by atoms with E-state index in [9.17, 15) is 9.59 Å². The highest BCUT2D eigenvalue weighted by atomic mass is 16.5. The Kier molecular flexibility index (Phi) is 5.14. The van der Waals surface area contributed by atoms with Crippen molar-refractivity contribution in [3.05, 3.63) is 59.7 Å². The first kappa shape index (κ1) is 15.6. The lowest BCUT2D eigenvalue weighted by Gasteiger charge is -2.08. The van der Waals surface area contributed by atoms with Crippen LogP contribution >= 0.6 is 0 Å². The van der Waals surface area contributed by atoms with Crippen molar-refractivity contribution in [2.45, 2.75) is 13.3 Å². The van der Waals surface area contributed by atoms with Crippen molar-refractivity contribution in [2.75, 3.05) is 11.9 Å². The van der Waals surface area contributed by atoms with E-state index in [0.717, 1.165) is 11.3 Å². The second-order valence-corrected chi connectivity index (χ2v) is 4.85. The standard InChI is InChI=1S/C17H17NO4/c1-12-3-2-4-15(11-12)22-10-9-16(19)18-14-7-5-13(6-8-14)17(20)21/h2-8,11H,9-10H2,1H3,(H,18,19)(H,20,21). The summed E-state index contributed by atoms with van der Waals surface area (Å²) >= 11 is 0. The number of anilines is 1. The van der Waals surface area contributed by atoms with Crippen LogP contribution < -0.4 is 10.1 Å². The summed E-state index contributed by atoms with van der Waals surface area (Å²) in [6, 6.07) is 13.6. The van der Waals surface area contributed by atoms with Gasteiger partial charge in [-0.3, -0.25) is 4.79 Å². The van der Waals surface area contributed by atoms with E-state index in [-0.39, 0.29) is 24.5 Å². The summed E-state index contributed by atoms with van der Waals surface area (Å²) < 4.78 is 5.51. The molecule has 0 fully saturated rings. The number of ether oxygens (including phenoxy) is 1. The predicted octanol–water partition coefficient (Wildman–Crippen LogP) is 3.10. The van der Waals surface area contributed by atoms with Gasteiger partial charge in [-0.2, -0.15) is 0 Å². The Hall–Kier alpha value is -2.82. The average Bonchev–Trinajstić information content (AvgIpc) is 2.48. The van der Waals surface area contributed by atoms with Gasteiger partial charge in [0.15, 0.2) is 0 Å². The quantitative estimate of drug-likeness (QED) is 0.859. The average molecular weight is 299 g/mol. The van der Waals surface area contributed by atoms with Crippen LogP contribution in [0.5, 0.6) is 5.75 Å². The zero-order chi connectivity index (χ0) is 15.9. The molecule has 0 aliphatic heterocycles. The minimum absolute atomic E-state index is 0.181. The summed E-state index contributed by atoms with van der Waals surface area (Å²) in [7, 11) is 0. The number of hydrogen-bond acceptors (Lipinski definition) is 3. The summed E-state index contributed by atoms with van der Waals surface area (Å²) in [6.45, 7) is 2.25. The van der Waals surface area contributed by atoms with E-state index in [2.05, 4.69) is 5.32 Å². The maximum atomic E-state index is 11.8. The van der Waals surface area contributed by atoms with Gasteiger partial charge < -0.3 is 15.2 Å². The van der Waals surface area contributed by atoms with Gasteiger partial charge in [0.1, 0.15) is 5.75 Å². The number of aryl methyl sites for hydroxylation is 1. The normalized spacial score (nSPS) is 10.0. The number of carboxylic acid groups (broad SMARTS) is 1.